The van der Waals surface area contributed by atoms with Gasteiger partial charge in [0.2, 0.25) is 0 Å². The van der Waals surface area contributed by atoms with Crippen LogP contribution in [0, 0.1) is 5.82 Å². The number of benzene rings is 1. The van der Waals surface area contributed by atoms with Crippen molar-refractivity contribution in [1.29, 1.82) is 0 Å². The standard InChI is InChI=1S/C11H12FN3/c1-8(13)9-2-4-11(5-3-9)15-7-10(12)6-14-15/h2-8H,13H2,1H3. The van der Waals surface area contributed by atoms with Crippen LogP contribution >= 0.6 is 0 Å². The molecule has 1 aromatic carbocycles. The first kappa shape index (κ1) is 9.86. The largest absolute Gasteiger partial charge is 0.324 e. The summed E-state index contributed by atoms with van der Waals surface area (Å²) in [4.78, 5) is 0. The van der Waals surface area contributed by atoms with Gasteiger partial charge in [-0.3, -0.25) is 0 Å². The SMILES string of the molecule is CC(N)c1ccc(-n2cc(F)cn2)cc1. The van der Waals surface area contributed by atoms with E-state index in [9.17, 15) is 4.39 Å². The normalized spacial score (nSPS) is 12.7. The molecule has 2 rings (SSSR count). The third-order valence-corrected chi connectivity index (χ3v) is 2.23. The summed E-state index contributed by atoms with van der Waals surface area (Å²) >= 11 is 0. The molecule has 0 saturated carbocycles. The highest BCUT2D eigenvalue weighted by atomic mass is 19.1. The van der Waals surface area contributed by atoms with Gasteiger partial charge in [0.15, 0.2) is 5.82 Å². The fraction of sp³-hybridized carbons (Fsp3) is 0.182. The van der Waals surface area contributed by atoms with Gasteiger partial charge < -0.3 is 5.73 Å². The van der Waals surface area contributed by atoms with Gasteiger partial charge in [-0.05, 0) is 24.6 Å². The predicted molar refractivity (Wildman–Crippen MR) is 56.1 cm³/mol. The van der Waals surface area contributed by atoms with Crippen LogP contribution in [-0.4, -0.2) is 9.78 Å². The fourth-order valence-corrected chi connectivity index (χ4v) is 1.37. The molecule has 1 aromatic heterocycles. The van der Waals surface area contributed by atoms with Crippen LogP contribution in [0.25, 0.3) is 5.69 Å². The van der Waals surface area contributed by atoms with Crippen LogP contribution in [0.3, 0.4) is 0 Å². The maximum Gasteiger partial charge on any atom is 0.161 e. The summed E-state index contributed by atoms with van der Waals surface area (Å²) in [7, 11) is 0. The van der Waals surface area contributed by atoms with Gasteiger partial charge in [-0.15, -0.1) is 0 Å². The van der Waals surface area contributed by atoms with Crippen molar-refractivity contribution in [3.05, 3.63) is 48.0 Å². The van der Waals surface area contributed by atoms with Crippen molar-refractivity contribution in [2.24, 2.45) is 5.73 Å². The summed E-state index contributed by atoms with van der Waals surface area (Å²) in [5.74, 6) is -0.341. The van der Waals surface area contributed by atoms with Crippen molar-refractivity contribution < 1.29 is 4.39 Å². The summed E-state index contributed by atoms with van der Waals surface area (Å²) < 4.78 is 14.2. The number of hydrogen-bond donors (Lipinski definition) is 1. The highest BCUT2D eigenvalue weighted by Gasteiger charge is 2.02. The lowest BCUT2D eigenvalue weighted by atomic mass is 10.1. The van der Waals surface area contributed by atoms with Gasteiger partial charge >= 0.3 is 0 Å². The van der Waals surface area contributed by atoms with E-state index in [-0.39, 0.29) is 11.9 Å². The molecular weight excluding hydrogens is 193 g/mol. The first-order valence-electron chi connectivity index (χ1n) is 4.73. The Morgan fingerprint density at radius 2 is 2.00 bits per heavy atom. The van der Waals surface area contributed by atoms with Gasteiger partial charge in [-0.1, -0.05) is 12.1 Å². The lowest BCUT2D eigenvalue weighted by Gasteiger charge is -2.06. The molecule has 1 unspecified atom stereocenters. The van der Waals surface area contributed by atoms with Gasteiger partial charge in [0.05, 0.1) is 18.1 Å². The molecule has 0 fully saturated rings. The van der Waals surface area contributed by atoms with E-state index in [4.69, 9.17) is 5.73 Å². The van der Waals surface area contributed by atoms with Crippen molar-refractivity contribution in [2.75, 3.05) is 0 Å². The van der Waals surface area contributed by atoms with Crippen molar-refractivity contribution in [1.82, 2.24) is 9.78 Å². The number of rotatable bonds is 2. The predicted octanol–water partition coefficient (Wildman–Crippen LogP) is 2.03. The smallest absolute Gasteiger partial charge is 0.161 e. The molecule has 1 heterocycles. The Labute approximate surface area is 87.3 Å². The molecule has 4 heteroatoms. The average Bonchev–Trinajstić information content (AvgIpc) is 2.65. The van der Waals surface area contributed by atoms with Crippen molar-refractivity contribution >= 4 is 0 Å². The molecule has 0 aliphatic heterocycles. The van der Waals surface area contributed by atoms with E-state index >= 15 is 0 Å². The quantitative estimate of drug-likeness (QED) is 0.815. The van der Waals surface area contributed by atoms with Gasteiger partial charge in [0, 0.05) is 6.04 Å². The number of hydrogen-bond acceptors (Lipinski definition) is 2. The molecule has 2 aromatic rings. The molecule has 0 aliphatic carbocycles. The number of nitrogens with two attached hydrogens (primary N) is 1. The van der Waals surface area contributed by atoms with E-state index < -0.39 is 0 Å². The van der Waals surface area contributed by atoms with Crippen LogP contribution in [0.4, 0.5) is 4.39 Å². The van der Waals surface area contributed by atoms with E-state index in [2.05, 4.69) is 5.10 Å². The molecule has 0 amide bonds. The molecule has 1 atom stereocenters. The number of halogens is 1. The molecular formula is C11H12FN3. The lowest BCUT2D eigenvalue weighted by molar-refractivity contribution is 0.627. The maximum atomic E-state index is 12.7. The van der Waals surface area contributed by atoms with Gasteiger partial charge in [-0.25, -0.2) is 9.07 Å². The minimum Gasteiger partial charge on any atom is -0.324 e. The van der Waals surface area contributed by atoms with E-state index in [0.717, 1.165) is 11.3 Å². The molecule has 0 aliphatic rings. The summed E-state index contributed by atoms with van der Waals surface area (Å²) in [5.41, 5.74) is 7.59. The van der Waals surface area contributed by atoms with Crippen LogP contribution in [-0.2, 0) is 0 Å². The molecule has 15 heavy (non-hydrogen) atoms. The van der Waals surface area contributed by atoms with Crippen LogP contribution in [0.1, 0.15) is 18.5 Å². The van der Waals surface area contributed by atoms with Crippen molar-refractivity contribution in [3.63, 3.8) is 0 Å². The molecule has 0 saturated heterocycles. The van der Waals surface area contributed by atoms with E-state index in [1.165, 1.54) is 17.1 Å². The Hall–Kier alpha value is -1.68. The molecule has 0 spiro atoms. The van der Waals surface area contributed by atoms with E-state index in [0.29, 0.717) is 0 Å². The molecule has 0 radical (unpaired) electrons. The Balaban J connectivity index is 2.31. The minimum atomic E-state index is -0.341. The zero-order valence-electron chi connectivity index (χ0n) is 8.39. The second-order valence-electron chi connectivity index (χ2n) is 3.48. The summed E-state index contributed by atoms with van der Waals surface area (Å²) in [6.07, 6.45) is 2.51. The van der Waals surface area contributed by atoms with Gasteiger partial charge in [0.1, 0.15) is 0 Å². The first-order chi connectivity index (χ1) is 7.16. The van der Waals surface area contributed by atoms with E-state index in [1.807, 2.05) is 31.2 Å². The Kier molecular flexibility index (Phi) is 2.51. The molecule has 78 valence electrons. The van der Waals surface area contributed by atoms with Crippen molar-refractivity contribution in [3.8, 4) is 5.69 Å². The second kappa shape index (κ2) is 3.82. The Morgan fingerprint density at radius 1 is 1.33 bits per heavy atom. The van der Waals surface area contributed by atoms with Crippen LogP contribution in [0.5, 0.6) is 0 Å². The zero-order valence-corrected chi connectivity index (χ0v) is 8.39. The summed E-state index contributed by atoms with van der Waals surface area (Å²) in [5, 5.41) is 3.87. The highest BCUT2D eigenvalue weighted by Crippen LogP contribution is 2.13. The third-order valence-electron chi connectivity index (χ3n) is 2.23. The zero-order chi connectivity index (χ0) is 10.8. The second-order valence-corrected chi connectivity index (χ2v) is 3.48. The number of aromatic nitrogens is 2. The van der Waals surface area contributed by atoms with Crippen LogP contribution < -0.4 is 5.73 Å². The van der Waals surface area contributed by atoms with Crippen LogP contribution in [0.15, 0.2) is 36.7 Å². The van der Waals surface area contributed by atoms with Gasteiger partial charge in [0.25, 0.3) is 0 Å². The molecule has 2 N–H and O–H groups in total. The Bertz CT molecular complexity index is 445. The van der Waals surface area contributed by atoms with Gasteiger partial charge in [-0.2, -0.15) is 5.10 Å². The summed E-state index contributed by atoms with van der Waals surface area (Å²) in [6.45, 7) is 1.92. The summed E-state index contributed by atoms with van der Waals surface area (Å²) in [6, 6.07) is 7.57. The maximum absolute atomic E-state index is 12.7. The average molecular weight is 205 g/mol. The first-order valence-corrected chi connectivity index (χ1v) is 4.73. The number of nitrogens with zero attached hydrogens (tertiary/aromatic N) is 2. The minimum absolute atomic E-state index is 0.00778. The fourth-order valence-electron chi connectivity index (χ4n) is 1.37. The van der Waals surface area contributed by atoms with Crippen molar-refractivity contribution in [2.45, 2.75) is 13.0 Å². The highest BCUT2D eigenvalue weighted by molar-refractivity contribution is 5.34. The molecule has 0 bridgehead atoms. The van der Waals surface area contributed by atoms with Crippen LogP contribution in [0.2, 0.25) is 0 Å². The monoisotopic (exact) mass is 205 g/mol. The third kappa shape index (κ3) is 2.05. The van der Waals surface area contributed by atoms with E-state index in [1.54, 1.807) is 0 Å². The molecule has 3 nitrogen and oxygen atoms in total. The lowest BCUT2D eigenvalue weighted by Crippen LogP contribution is -2.05. The Morgan fingerprint density at radius 3 is 2.47 bits per heavy atom. The topological polar surface area (TPSA) is 43.8 Å².